The maximum Gasteiger partial charge on any atom is 0.262 e. The normalized spacial score (nSPS) is 14.8. The van der Waals surface area contributed by atoms with E-state index in [1.807, 2.05) is 38.1 Å². The zero-order valence-electron chi connectivity index (χ0n) is 19.2. The molecule has 0 saturated heterocycles. The van der Waals surface area contributed by atoms with Gasteiger partial charge in [-0.3, -0.25) is 19.0 Å². The molecule has 0 unspecified atom stereocenters. The lowest BCUT2D eigenvalue weighted by atomic mass is 10.0. The fourth-order valence-electron chi connectivity index (χ4n) is 4.24. The van der Waals surface area contributed by atoms with Gasteiger partial charge in [0.05, 0.1) is 28.8 Å². The molecule has 0 N–H and O–H groups in total. The Kier molecular flexibility index (Phi) is 6.67. The maximum absolute atomic E-state index is 13.3. The minimum Gasteiger partial charge on any atom is -0.383 e. The van der Waals surface area contributed by atoms with E-state index < -0.39 is 5.25 Å². The highest BCUT2D eigenvalue weighted by Gasteiger charge is 2.26. The number of ketones is 1. The molecule has 2 aromatic carbocycles. The minimum atomic E-state index is -0.456. The number of hydrogen-bond acceptors (Lipinski definition) is 6. The van der Waals surface area contributed by atoms with Crippen LogP contribution in [0.25, 0.3) is 10.9 Å². The molecular weight excluding hydrogens is 438 g/mol. The third-order valence-corrected chi connectivity index (χ3v) is 6.98. The predicted molar refractivity (Wildman–Crippen MR) is 130 cm³/mol. The molecule has 8 heteroatoms. The van der Waals surface area contributed by atoms with Crippen LogP contribution in [0.4, 0.5) is 5.69 Å². The van der Waals surface area contributed by atoms with Gasteiger partial charge in [0.15, 0.2) is 10.9 Å². The quantitative estimate of drug-likeness (QED) is 0.299. The Balaban J connectivity index is 1.66. The molecule has 0 radical (unpaired) electrons. The molecule has 33 heavy (non-hydrogen) atoms. The summed E-state index contributed by atoms with van der Waals surface area (Å²) in [6, 6.07) is 12.5. The summed E-state index contributed by atoms with van der Waals surface area (Å²) in [4.78, 5) is 44.8. The summed E-state index contributed by atoms with van der Waals surface area (Å²) >= 11 is 1.28. The summed E-state index contributed by atoms with van der Waals surface area (Å²) in [5.41, 5.74) is 2.93. The average molecular weight is 466 g/mol. The number of para-hydroxylation sites is 1. The number of aromatic nitrogens is 2. The van der Waals surface area contributed by atoms with Crippen molar-refractivity contribution in [3.05, 3.63) is 63.9 Å². The lowest BCUT2D eigenvalue weighted by molar-refractivity contribution is -0.116. The number of rotatable bonds is 7. The van der Waals surface area contributed by atoms with Crippen molar-refractivity contribution in [1.82, 2.24) is 9.55 Å². The largest absolute Gasteiger partial charge is 0.383 e. The Labute approximate surface area is 196 Å². The van der Waals surface area contributed by atoms with Gasteiger partial charge in [0.2, 0.25) is 5.91 Å². The second-order valence-corrected chi connectivity index (χ2v) is 9.59. The van der Waals surface area contributed by atoms with Crippen molar-refractivity contribution < 1.29 is 14.3 Å². The Bertz CT molecular complexity index is 1290. The number of nitrogens with zero attached hydrogens (tertiary/aromatic N) is 3. The van der Waals surface area contributed by atoms with Crippen molar-refractivity contribution in [3.63, 3.8) is 0 Å². The van der Waals surface area contributed by atoms with Crippen molar-refractivity contribution in [2.75, 3.05) is 25.2 Å². The standard InChI is InChI=1S/C25H27N3O4S/c1-15(14-32-4)28-24(31)20-7-5-6-8-21(20)26-25(28)33-16(2)23(30)19-9-10-22-18(13-19)11-12-27(22)17(3)29/h5-10,13,15-16H,11-12,14H2,1-4H3/t15-,16+/m0/s1. The Morgan fingerprint density at radius 1 is 1.18 bits per heavy atom. The van der Waals surface area contributed by atoms with Gasteiger partial charge in [-0.1, -0.05) is 23.9 Å². The van der Waals surface area contributed by atoms with Crippen LogP contribution < -0.4 is 10.5 Å². The van der Waals surface area contributed by atoms with Crippen LogP contribution in [0, 0.1) is 0 Å². The third kappa shape index (κ3) is 4.45. The molecule has 0 bridgehead atoms. The van der Waals surface area contributed by atoms with Gasteiger partial charge < -0.3 is 9.64 Å². The lowest BCUT2D eigenvalue weighted by Crippen LogP contribution is -2.29. The molecule has 0 saturated carbocycles. The molecule has 1 aliphatic rings. The van der Waals surface area contributed by atoms with Crippen molar-refractivity contribution >= 4 is 40.0 Å². The summed E-state index contributed by atoms with van der Waals surface area (Å²) in [7, 11) is 1.59. The monoisotopic (exact) mass is 465 g/mol. The van der Waals surface area contributed by atoms with Crippen LogP contribution in [-0.4, -0.2) is 46.8 Å². The molecule has 1 amide bonds. The van der Waals surface area contributed by atoms with E-state index in [1.54, 1.807) is 41.7 Å². The van der Waals surface area contributed by atoms with Crippen LogP contribution in [0.3, 0.4) is 0 Å². The number of thioether (sulfide) groups is 1. The molecule has 0 aliphatic carbocycles. The van der Waals surface area contributed by atoms with Gasteiger partial charge in [-0.25, -0.2) is 4.98 Å². The van der Waals surface area contributed by atoms with Crippen molar-refractivity contribution in [2.24, 2.45) is 0 Å². The molecule has 3 aromatic rings. The molecule has 2 atom stereocenters. The minimum absolute atomic E-state index is 0.00211. The van der Waals surface area contributed by atoms with Gasteiger partial charge in [0.1, 0.15) is 0 Å². The molecule has 4 rings (SSSR count). The fourth-order valence-corrected chi connectivity index (χ4v) is 5.33. The van der Waals surface area contributed by atoms with Gasteiger partial charge in [-0.2, -0.15) is 0 Å². The van der Waals surface area contributed by atoms with E-state index in [1.165, 1.54) is 11.8 Å². The first-order valence-corrected chi connectivity index (χ1v) is 11.8. The molecule has 1 aromatic heterocycles. The summed E-state index contributed by atoms with van der Waals surface area (Å²) < 4.78 is 6.90. The van der Waals surface area contributed by atoms with Gasteiger partial charge in [-0.15, -0.1) is 0 Å². The fraction of sp³-hybridized carbons (Fsp3) is 0.360. The van der Waals surface area contributed by atoms with Gasteiger partial charge >= 0.3 is 0 Å². The highest BCUT2D eigenvalue weighted by Crippen LogP contribution is 2.31. The average Bonchev–Trinajstić information content (AvgIpc) is 3.22. The number of methoxy groups -OCH3 is 1. The van der Waals surface area contributed by atoms with E-state index in [2.05, 4.69) is 0 Å². The number of ether oxygens (including phenoxy) is 1. The first kappa shape index (κ1) is 23.2. The Morgan fingerprint density at radius 3 is 2.67 bits per heavy atom. The topological polar surface area (TPSA) is 81.5 Å². The summed E-state index contributed by atoms with van der Waals surface area (Å²) in [5.74, 6) is -0.0419. The molecule has 172 valence electrons. The van der Waals surface area contributed by atoms with Crippen LogP contribution >= 0.6 is 11.8 Å². The van der Waals surface area contributed by atoms with Crippen LogP contribution in [-0.2, 0) is 16.0 Å². The first-order valence-electron chi connectivity index (χ1n) is 10.9. The Morgan fingerprint density at radius 2 is 1.94 bits per heavy atom. The number of carbonyl (C=O) groups excluding carboxylic acids is 2. The number of anilines is 1. The molecule has 0 fully saturated rings. The van der Waals surface area contributed by atoms with Crippen LogP contribution in [0.5, 0.6) is 0 Å². The molecule has 0 spiro atoms. The predicted octanol–water partition coefficient (Wildman–Crippen LogP) is 3.88. The van der Waals surface area contributed by atoms with E-state index in [4.69, 9.17) is 9.72 Å². The van der Waals surface area contributed by atoms with Crippen molar-refractivity contribution in [3.8, 4) is 0 Å². The molecule has 7 nitrogen and oxygen atoms in total. The number of carbonyl (C=O) groups is 2. The second kappa shape index (κ2) is 9.49. The molecule has 2 heterocycles. The SMILES string of the molecule is COC[C@H](C)n1c(S[C@H](C)C(=O)c2ccc3c(c2)CCN3C(C)=O)nc2ccccc2c1=O. The zero-order valence-corrected chi connectivity index (χ0v) is 20.0. The van der Waals surface area contributed by atoms with Crippen LogP contribution in [0.2, 0.25) is 0 Å². The highest BCUT2D eigenvalue weighted by atomic mass is 32.2. The molecule has 1 aliphatic heterocycles. The van der Waals surface area contributed by atoms with Gasteiger partial charge in [0.25, 0.3) is 5.56 Å². The maximum atomic E-state index is 13.3. The van der Waals surface area contributed by atoms with E-state index in [9.17, 15) is 14.4 Å². The Hall–Kier alpha value is -2.97. The summed E-state index contributed by atoms with van der Waals surface area (Å²) in [5, 5.41) is 0.577. The van der Waals surface area contributed by atoms with Crippen molar-refractivity contribution in [2.45, 2.75) is 43.6 Å². The highest BCUT2D eigenvalue weighted by molar-refractivity contribution is 8.00. The van der Waals surface area contributed by atoms with E-state index in [0.717, 1.165) is 17.7 Å². The number of benzene rings is 2. The molecular formula is C25H27N3O4S. The third-order valence-electron chi connectivity index (χ3n) is 5.92. The second-order valence-electron chi connectivity index (χ2n) is 8.28. The number of Topliss-reactive ketones (excluding diaryl/α,β-unsaturated/α-hetero) is 1. The van der Waals surface area contributed by atoms with Crippen LogP contribution in [0.15, 0.2) is 52.4 Å². The smallest absolute Gasteiger partial charge is 0.262 e. The summed E-state index contributed by atoms with van der Waals surface area (Å²) in [6.07, 6.45) is 0.734. The zero-order chi connectivity index (χ0) is 23.7. The van der Waals surface area contributed by atoms with E-state index >= 15 is 0 Å². The van der Waals surface area contributed by atoms with Crippen molar-refractivity contribution in [1.29, 1.82) is 0 Å². The first-order chi connectivity index (χ1) is 15.8. The number of amides is 1. The van der Waals surface area contributed by atoms with E-state index in [-0.39, 0.29) is 23.3 Å². The van der Waals surface area contributed by atoms with Gasteiger partial charge in [-0.05, 0) is 56.2 Å². The summed E-state index contributed by atoms with van der Waals surface area (Å²) in [6.45, 7) is 6.27. The van der Waals surface area contributed by atoms with Gasteiger partial charge in [0, 0.05) is 31.8 Å². The number of hydrogen-bond donors (Lipinski definition) is 0. The number of fused-ring (bicyclic) bond motifs is 2. The lowest BCUT2D eigenvalue weighted by Gasteiger charge is -2.20. The van der Waals surface area contributed by atoms with E-state index in [0.29, 0.717) is 34.8 Å². The van der Waals surface area contributed by atoms with Crippen LogP contribution in [0.1, 0.15) is 42.7 Å².